The van der Waals surface area contributed by atoms with Crippen molar-refractivity contribution >= 4 is 23.2 Å². The van der Waals surface area contributed by atoms with Crippen molar-refractivity contribution in [3.8, 4) is 5.75 Å². The standard InChI is InChI=1S/C19H21ClN2O2/c1-2-24-18-9-3-15(4-10-18)19(23)22-13-11-21(12-14-22)17-7-5-16(20)6-8-17/h3-10H,2,11-14H2,1H3. The van der Waals surface area contributed by atoms with Crippen LogP contribution in [0.3, 0.4) is 0 Å². The van der Waals surface area contributed by atoms with Crippen LogP contribution >= 0.6 is 11.6 Å². The lowest BCUT2D eigenvalue weighted by Crippen LogP contribution is -2.48. The average Bonchev–Trinajstić information content (AvgIpc) is 2.63. The molecule has 0 saturated carbocycles. The van der Waals surface area contributed by atoms with Crippen LogP contribution in [0, 0.1) is 0 Å². The topological polar surface area (TPSA) is 32.8 Å². The van der Waals surface area contributed by atoms with Crippen LogP contribution in [0.1, 0.15) is 17.3 Å². The van der Waals surface area contributed by atoms with Crippen molar-refractivity contribution in [3.63, 3.8) is 0 Å². The Morgan fingerprint density at radius 2 is 1.62 bits per heavy atom. The average molecular weight is 345 g/mol. The number of carbonyl (C=O) groups excluding carboxylic acids is 1. The zero-order valence-corrected chi connectivity index (χ0v) is 14.5. The number of ether oxygens (including phenoxy) is 1. The molecule has 3 rings (SSSR count). The van der Waals surface area contributed by atoms with Crippen LogP contribution in [0.2, 0.25) is 5.02 Å². The predicted molar refractivity (Wildman–Crippen MR) is 97.2 cm³/mol. The highest BCUT2D eigenvalue weighted by atomic mass is 35.5. The largest absolute Gasteiger partial charge is 0.494 e. The highest BCUT2D eigenvalue weighted by molar-refractivity contribution is 6.30. The second-order valence-corrected chi connectivity index (χ2v) is 6.15. The molecule has 0 radical (unpaired) electrons. The monoisotopic (exact) mass is 344 g/mol. The minimum Gasteiger partial charge on any atom is -0.494 e. The zero-order chi connectivity index (χ0) is 16.9. The molecule has 1 saturated heterocycles. The number of piperazine rings is 1. The SMILES string of the molecule is CCOc1ccc(C(=O)N2CCN(c3ccc(Cl)cc3)CC2)cc1. The molecular weight excluding hydrogens is 324 g/mol. The van der Waals surface area contributed by atoms with Gasteiger partial charge in [0.15, 0.2) is 0 Å². The van der Waals surface area contributed by atoms with E-state index in [-0.39, 0.29) is 5.91 Å². The van der Waals surface area contributed by atoms with E-state index in [9.17, 15) is 4.79 Å². The Balaban J connectivity index is 1.59. The molecule has 0 unspecified atom stereocenters. The molecule has 1 amide bonds. The Kier molecular flexibility index (Phi) is 5.26. The molecular formula is C19H21ClN2O2. The van der Waals surface area contributed by atoms with Gasteiger partial charge in [-0.25, -0.2) is 0 Å². The third-order valence-corrected chi connectivity index (χ3v) is 4.42. The first kappa shape index (κ1) is 16.7. The number of carbonyl (C=O) groups is 1. The van der Waals surface area contributed by atoms with Gasteiger partial charge in [-0.3, -0.25) is 4.79 Å². The summed E-state index contributed by atoms with van der Waals surface area (Å²) in [4.78, 5) is 16.8. The number of benzene rings is 2. The van der Waals surface area contributed by atoms with Crippen LogP contribution in [-0.4, -0.2) is 43.6 Å². The Bertz CT molecular complexity index is 678. The fourth-order valence-corrected chi connectivity index (χ4v) is 2.99. The summed E-state index contributed by atoms with van der Waals surface area (Å²) < 4.78 is 5.42. The number of nitrogens with zero attached hydrogens (tertiary/aromatic N) is 2. The van der Waals surface area contributed by atoms with Gasteiger partial charge >= 0.3 is 0 Å². The molecule has 2 aromatic carbocycles. The van der Waals surface area contributed by atoms with Crippen molar-refractivity contribution in [1.29, 1.82) is 0 Å². The summed E-state index contributed by atoms with van der Waals surface area (Å²) in [5.41, 5.74) is 1.85. The van der Waals surface area contributed by atoms with E-state index >= 15 is 0 Å². The van der Waals surface area contributed by atoms with E-state index in [4.69, 9.17) is 16.3 Å². The Morgan fingerprint density at radius 3 is 2.21 bits per heavy atom. The predicted octanol–water partition coefficient (Wildman–Crippen LogP) is 3.70. The molecule has 1 heterocycles. The van der Waals surface area contributed by atoms with Crippen molar-refractivity contribution < 1.29 is 9.53 Å². The fourth-order valence-electron chi connectivity index (χ4n) is 2.86. The first-order chi connectivity index (χ1) is 11.7. The van der Waals surface area contributed by atoms with Gasteiger partial charge in [0, 0.05) is 42.5 Å². The zero-order valence-electron chi connectivity index (χ0n) is 13.7. The van der Waals surface area contributed by atoms with E-state index in [0.29, 0.717) is 25.3 Å². The van der Waals surface area contributed by atoms with Crippen molar-refractivity contribution in [2.75, 3.05) is 37.7 Å². The smallest absolute Gasteiger partial charge is 0.253 e. The first-order valence-corrected chi connectivity index (χ1v) is 8.58. The normalized spacial score (nSPS) is 14.6. The van der Waals surface area contributed by atoms with Gasteiger partial charge < -0.3 is 14.5 Å². The molecule has 5 heteroatoms. The summed E-state index contributed by atoms with van der Waals surface area (Å²) in [5.74, 6) is 0.871. The lowest BCUT2D eigenvalue weighted by molar-refractivity contribution is 0.0747. The van der Waals surface area contributed by atoms with Gasteiger partial charge in [-0.15, -0.1) is 0 Å². The summed E-state index contributed by atoms with van der Waals surface area (Å²) in [6, 6.07) is 15.2. The Morgan fingerprint density at radius 1 is 1.00 bits per heavy atom. The number of halogens is 1. The maximum Gasteiger partial charge on any atom is 0.253 e. The summed E-state index contributed by atoms with van der Waals surface area (Å²) in [5, 5.41) is 0.739. The van der Waals surface area contributed by atoms with E-state index in [0.717, 1.165) is 29.5 Å². The van der Waals surface area contributed by atoms with E-state index in [1.807, 2.05) is 60.4 Å². The van der Waals surface area contributed by atoms with Crippen LogP contribution in [-0.2, 0) is 0 Å². The minimum atomic E-state index is 0.0776. The molecule has 0 atom stereocenters. The van der Waals surface area contributed by atoms with Crippen LogP contribution in [0.15, 0.2) is 48.5 Å². The molecule has 2 aromatic rings. The molecule has 0 aromatic heterocycles. The number of amides is 1. The number of hydrogen-bond donors (Lipinski definition) is 0. The summed E-state index contributed by atoms with van der Waals surface area (Å²) in [7, 11) is 0. The van der Waals surface area contributed by atoms with Gasteiger partial charge in [0.1, 0.15) is 5.75 Å². The molecule has 0 bridgehead atoms. The lowest BCUT2D eigenvalue weighted by atomic mass is 10.1. The van der Waals surface area contributed by atoms with Crippen molar-refractivity contribution in [2.24, 2.45) is 0 Å². The van der Waals surface area contributed by atoms with E-state index in [1.165, 1.54) is 0 Å². The van der Waals surface area contributed by atoms with Gasteiger partial charge in [0.25, 0.3) is 5.91 Å². The number of anilines is 1. The van der Waals surface area contributed by atoms with Gasteiger partial charge in [0.2, 0.25) is 0 Å². The Labute approximate surface area is 147 Å². The van der Waals surface area contributed by atoms with Crippen molar-refractivity contribution in [2.45, 2.75) is 6.92 Å². The highest BCUT2D eigenvalue weighted by Gasteiger charge is 2.22. The third kappa shape index (κ3) is 3.82. The number of hydrogen-bond acceptors (Lipinski definition) is 3. The minimum absolute atomic E-state index is 0.0776. The van der Waals surface area contributed by atoms with Gasteiger partial charge in [0.05, 0.1) is 6.61 Å². The molecule has 1 fully saturated rings. The Hall–Kier alpha value is -2.20. The molecule has 0 aliphatic carbocycles. The van der Waals surface area contributed by atoms with Crippen molar-refractivity contribution in [3.05, 3.63) is 59.1 Å². The third-order valence-electron chi connectivity index (χ3n) is 4.17. The van der Waals surface area contributed by atoms with E-state index in [1.54, 1.807) is 0 Å². The summed E-state index contributed by atoms with van der Waals surface area (Å²) in [6.45, 7) is 5.65. The first-order valence-electron chi connectivity index (χ1n) is 8.20. The second kappa shape index (κ2) is 7.58. The van der Waals surface area contributed by atoms with E-state index in [2.05, 4.69) is 4.90 Å². The van der Waals surface area contributed by atoms with Crippen LogP contribution in [0.25, 0.3) is 0 Å². The van der Waals surface area contributed by atoms with Gasteiger partial charge in [-0.05, 0) is 55.5 Å². The van der Waals surface area contributed by atoms with Gasteiger partial charge in [-0.1, -0.05) is 11.6 Å². The van der Waals surface area contributed by atoms with Crippen LogP contribution in [0.5, 0.6) is 5.75 Å². The maximum absolute atomic E-state index is 12.6. The van der Waals surface area contributed by atoms with E-state index < -0.39 is 0 Å². The summed E-state index contributed by atoms with van der Waals surface area (Å²) >= 11 is 5.93. The van der Waals surface area contributed by atoms with Crippen molar-refractivity contribution in [1.82, 2.24) is 4.90 Å². The molecule has 24 heavy (non-hydrogen) atoms. The summed E-state index contributed by atoms with van der Waals surface area (Å²) in [6.07, 6.45) is 0. The molecule has 4 nitrogen and oxygen atoms in total. The quantitative estimate of drug-likeness (QED) is 0.847. The van der Waals surface area contributed by atoms with Gasteiger partial charge in [-0.2, -0.15) is 0 Å². The fraction of sp³-hybridized carbons (Fsp3) is 0.316. The molecule has 0 spiro atoms. The molecule has 0 N–H and O–H groups in total. The lowest BCUT2D eigenvalue weighted by Gasteiger charge is -2.36. The second-order valence-electron chi connectivity index (χ2n) is 5.71. The molecule has 1 aliphatic rings. The highest BCUT2D eigenvalue weighted by Crippen LogP contribution is 2.20. The molecule has 1 aliphatic heterocycles. The van der Waals surface area contributed by atoms with Crippen LogP contribution in [0.4, 0.5) is 5.69 Å². The van der Waals surface area contributed by atoms with Crippen LogP contribution < -0.4 is 9.64 Å². The molecule has 126 valence electrons. The number of rotatable bonds is 4. The maximum atomic E-state index is 12.6.